The van der Waals surface area contributed by atoms with E-state index < -0.39 is 17.2 Å². The fourth-order valence-corrected chi connectivity index (χ4v) is 1.86. The van der Waals surface area contributed by atoms with Gasteiger partial charge in [-0.1, -0.05) is 6.07 Å². The molecule has 116 valence electrons. The molecule has 2 aromatic rings. The van der Waals surface area contributed by atoms with Gasteiger partial charge < -0.3 is 19.8 Å². The van der Waals surface area contributed by atoms with E-state index >= 15 is 0 Å². The summed E-state index contributed by atoms with van der Waals surface area (Å²) in [4.78, 5) is 38.4. The molecule has 22 heavy (non-hydrogen) atoms. The van der Waals surface area contributed by atoms with Gasteiger partial charge in [-0.2, -0.15) is 0 Å². The van der Waals surface area contributed by atoms with Crippen LogP contribution in [0.15, 0.2) is 33.9 Å². The molecule has 0 aliphatic heterocycles. The van der Waals surface area contributed by atoms with Gasteiger partial charge in [-0.15, -0.1) is 0 Å². The molecule has 1 heterocycles. The number of amides is 1. The first-order chi connectivity index (χ1) is 10.5. The Morgan fingerprint density at radius 1 is 1.09 bits per heavy atom. The highest BCUT2D eigenvalue weighted by Crippen LogP contribution is 2.27. The van der Waals surface area contributed by atoms with Gasteiger partial charge in [0.2, 0.25) is 0 Å². The number of rotatable bonds is 5. The van der Waals surface area contributed by atoms with Crippen molar-refractivity contribution >= 4 is 5.91 Å². The number of aromatic nitrogens is 2. The molecule has 0 saturated heterocycles. The Hall–Kier alpha value is -3.03. The van der Waals surface area contributed by atoms with Crippen molar-refractivity contribution in [3.05, 3.63) is 56.4 Å². The summed E-state index contributed by atoms with van der Waals surface area (Å²) in [5, 5.41) is 2.60. The van der Waals surface area contributed by atoms with Crippen LogP contribution in [0.25, 0.3) is 0 Å². The summed E-state index contributed by atoms with van der Waals surface area (Å²) < 4.78 is 10.3. The quantitative estimate of drug-likeness (QED) is 0.720. The van der Waals surface area contributed by atoms with E-state index in [2.05, 4.69) is 10.3 Å². The lowest BCUT2D eigenvalue weighted by Crippen LogP contribution is -2.30. The lowest BCUT2D eigenvalue weighted by Gasteiger charge is -2.10. The number of hydrogen-bond acceptors (Lipinski definition) is 5. The van der Waals surface area contributed by atoms with Gasteiger partial charge in [-0.05, 0) is 17.7 Å². The number of hydrogen-bond donors (Lipinski definition) is 3. The Morgan fingerprint density at radius 2 is 1.82 bits per heavy atom. The SMILES string of the molecule is COc1ccc(CNC(=O)c2cc(=O)[nH]c(=O)[nH]2)cc1OC. The van der Waals surface area contributed by atoms with Crippen molar-refractivity contribution in [2.75, 3.05) is 14.2 Å². The third-order valence-electron chi connectivity index (χ3n) is 2.91. The van der Waals surface area contributed by atoms with Gasteiger partial charge in [0.1, 0.15) is 5.69 Å². The summed E-state index contributed by atoms with van der Waals surface area (Å²) in [6.45, 7) is 0.202. The predicted octanol–water partition coefficient (Wildman–Crippen LogP) is 0.0104. The number of carbonyl (C=O) groups excluding carboxylic acids is 1. The summed E-state index contributed by atoms with van der Waals surface area (Å²) in [6, 6.07) is 6.22. The van der Waals surface area contributed by atoms with Crippen LogP contribution in [-0.2, 0) is 6.54 Å². The van der Waals surface area contributed by atoms with Crippen LogP contribution in [0.4, 0.5) is 0 Å². The minimum Gasteiger partial charge on any atom is -0.493 e. The lowest BCUT2D eigenvalue weighted by molar-refractivity contribution is 0.0945. The lowest BCUT2D eigenvalue weighted by atomic mass is 10.2. The largest absolute Gasteiger partial charge is 0.493 e. The molecule has 3 N–H and O–H groups in total. The first-order valence-corrected chi connectivity index (χ1v) is 6.36. The fourth-order valence-electron chi connectivity index (χ4n) is 1.86. The van der Waals surface area contributed by atoms with Crippen LogP contribution in [0.2, 0.25) is 0 Å². The van der Waals surface area contributed by atoms with Gasteiger partial charge in [0.05, 0.1) is 14.2 Å². The molecule has 1 aromatic carbocycles. The summed E-state index contributed by atoms with van der Waals surface area (Å²) in [5.74, 6) is 0.563. The number of methoxy groups -OCH3 is 2. The standard InChI is InChI=1S/C14H15N3O5/c1-21-10-4-3-8(5-11(10)22-2)7-15-13(19)9-6-12(18)17-14(20)16-9/h3-6H,7H2,1-2H3,(H,15,19)(H2,16,17,18,20). The van der Waals surface area contributed by atoms with Crippen molar-refractivity contribution in [2.45, 2.75) is 6.54 Å². The maximum atomic E-state index is 11.9. The van der Waals surface area contributed by atoms with E-state index in [9.17, 15) is 14.4 Å². The summed E-state index contributed by atoms with van der Waals surface area (Å²) in [6.07, 6.45) is 0. The molecule has 8 nitrogen and oxygen atoms in total. The number of benzene rings is 1. The Bertz CT molecular complexity index is 765. The van der Waals surface area contributed by atoms with E-state index in [1.54, 1.807) is 18.2 Å². The van der Waals surface area contributed by atoms with E-state index in [1.807, 2.05) is 4.98 Å². The fraction of sp³-hybridized carbons (Fsp3) is 0.214. The van der Waals surface area contributed by atoms with Gasteiger partial charge in [-0.3, -0.25) is 14.6 Å². The molecule has 0 spiro atoms. The topological polar surface area (TPSA) is 113 Å². The van der Waals surface area contributed by atoms with Gasteiger partial charge >= 0.3 is 5.69 Å². The zero-order valence-corrected chi connectivity index (χ0v) is 12.1. The Morgan fingerprint density at radius 3 is 2.45 bits per heavy atom. The average molecular weight is 305 g/mol. The molecule has 1 aromatic heterocycles. The highest BCUT2D eigenvalue weighted by molar-refractivity contribution is 5.91. The third-order valence-corrected chi connectivity index (χ3v) is 2.91. The highest BCUT2D eigenvalue weighted by Gasteiger charge is 2.09. The van der Waals surface area contributed by atoms with Crippen LogP contribution < -0.4 is 26.0 Å². The number of ether oxygens (including phenoxy) is 2. The van der Waals surface area contributed by atoms with E-state index in [4.69, 9.17) is 9.47 Å². The maximum absolute atomic E-state index is 11.9. The Balaban J connectivity index is 2.11. The smallest absolute Gasteiger partial charge is 0.326 e. The molecule has 0 radical (unpaired) electrons. The van der Waals surface area contributed by atoms with Crippen LogP contribution >= 0.6 is 0 Å². The van der Waals surface area contributed by atoms with Gasteiger partial charge in [-0.25, -0.2) is 4.79 Å². The molecule has 0 unspecified atom stereocenters. The summed E-state index contributed by atoms with van der Waals surface area (Å²) >= 11 is 0. The molecule has 8 heteroatoms. The molecule has 0 saturated carbocycles. The second-order valence-corrected chi connectivity index (χ2v) is 4.37. The monoisotopic (exact) mass is 305 g/mol. The van der Waals surface area contributed by atoms with E-state index in [-0.39, 0.29) is 12.2 Å². The van der Waals surface area contributed by atoms with Gasteiger partial charge in [0.15, 0.2) is 11.5 Å². The van der Waals surface area contributed by atoms with Crippen LogP contribution in [0.5, 0.6) is 11.5 Å². The van der Waals surface area contributed by atoms with E-state index in [0.29, 0.717) is 11.5 Å². The van der Waals surface area contributed by atoms with Crippen LogP contribution in [0.1, 0.15) is 16.1 Å². The average Bonchev–Trinajstić information content (AvgIpc) is 2.51. The van der Waals surface area contributed by atoms with Gasteiger partial charge in [0.25, 0.3) is 11.5 Å². The molecule has 0 fully saturated rings. The van der Waals surface area contributed by atoms with Crippen molar-refractivity contribution in [1.82, 2.24) is 15.3 Å². The number of aromatic amines is 2. The van der Waals surface area contributed by atoms with Crippen molar-refractivity contribution < 1.29 is 14.3 Å². The zero-order valence-electron chi connectivity index (χ0n) is 12.1. The van der Waals surface area contributed by atoms with Crippen molar-refractivity contribution in [3.8, 4) is 11.5 Å². The molecule has 1 amide bonds. The second-order valence-electron chi connectivity index (χ2n) is 4.37. The summed E-state index contributed by atoms with van der Waals surface area (Å²) in [5.41, 5.74) is -0.698. The molecular formula is C14H15N3O5. The Labute approximate surface area is 125 Å². The van der Waals surface area contributed by atoms with Crippen LogP contribution in [-0.4, -0.2) is 30.1 Å². The van der Waals surface area contributed by atoms with Crippen molar-refractivity contribution in [1.29, 1.82) is 0 Å². The molecule has 0 aliphatic rings. The van der Waals surface area contributed by atoms with E-state index in [0.717, 1.165) is 11.6 Å². The van der Waals surface area contributed by atoms with Gasteiger partial charge in [0, 0.05) is 12.6 Å². The Kier molecular flexibility index (Phi) is 4.62. The minimum atomic E-state index is -0.733. The maximum Gasteiger partial charge on any atom is 0.326 e. The molecule has 0 bridgehead atoms. The molecule has 0 atom stereocenters. The second kappa shape index (κ2) is 6.61. The molecular weight excluding hydrogens is 290 g/mol. The number of H-pyrrole nitrogens is 2. The summed E-state index contributed by atoms with van der Waals surface area (Å²) in [7, 11) is 3.05. The van der Waals surface area contributed by atoms with Crippen molar-refractivity contribution in [3.63, 3.8) is 0 Å². The van der Waals surface area contributed by atoms with Crippen LogP contribution in [0.3, 0.4) is 0 Å². The third kappa shape index (κ3) is 3.54. The van der Waals surface area contributed by atoms with E-state index in [1.165, 1.54) is 14.2 Å². The number of nitrogens with one attached hydrogen (secondary N) is 3. The van der Waals surface area contributed by atoms with Crippen LogP contribution in [0, 0.1) is 0 Å². The molecule has 2 rings (SSSR count). The minimum absolute atomic E-state index is 0.103. The first-order valence-electron chi connectivity index (χ1n) is 6.36. The number of carbonyl (C=O) groups is 1. The first kappa shape index (κ1) is 15.4. The predicted molar refractivity (Wildman–Crippen MR) is 78.4 cm³/mol. The highest BCUT2D eigenvalue weighted by atomic mass is 16.5. The van der Waals surface area contributed by atoms with Crippen molar-refractivity contribution in [2.24, 2.45) is 0 Å². The molecule has 0 aliphatic carbocycles. The normalized spacial score (nSPS) is 10.1. The zero-order chi connectivity index (χ0) is 16.1.